The standard InChI is InChI=1S/C25H27O2P.C7H13BrO2.BrH/c26-25(27)20-12-1-2-13-21-28(22-14-6-3-7-15-22,23-16-8-4-9-17-23)24-18-10-5-11-19-24;8-6-4-2-1-3-5-7(9)10;/h3-11,14-19H,1-2,12-13,20-21H2;1-6H2,(H,9,10);1H/p+1. The molecule has 7 heteroatoms. The maximum absolute atomic E-state index is 10.8. The maximum Gasteiger partial charge on any atom is 0.303 e. The number of hydrogen-bond donors (Lipinski definition) is 2. The number of rotatable bonds is 16. The first kappa shape index (κ1) is 35.0. The molecule has 0 heterocycles. The number of carbonyl (C=O) groups is 2. The van der Waals surface area contributed by atoms with Gasteiger partial charge >= 0.3 is 11.9 Å². The first-order chi connectivity index (χ1) is 18.5. The number of unbranched alkanes of at least 4 members (excludes halogenated alkanes) is 6. The average Bonchev–Trinajstić information content (AvgIpc) is 2.94. The number of aliphatic carboxylic acids is 2. The van der Waals surface area contributed by atoms with Crippen LogP contribution in [0.25, 0.3) is 0 Å². The molecule has 0 aliphatic carbocycles. The normalized spacial score (nSPS) is 10.6. The average molecular weight is 681 g/mol. The van der Waals surface area contributed by atoms with Crippen LogP contribution in [0, 0.1) is 0 Å². The van der Waals surface area contributed by atoms with E-state index in [-0.39, 0.29) is 23.4 Å². The van der Waals surface area contributed by atoms with Crippen LogP contribution in [0.2, 0.25) is 0 Å². The molecule has 0 spiro atoms. The van der Waals surface area contributed by atoms with Crippen molar-refractivity contribution in [2.45, 2.75) is 64.2 Å². The Kier molecular flexibility index (Phi) is 18.7. The highest BCUT2D eigenvalue weighted by Crippen LogP contribution is 2.55. The Balaban J connectivity index is 0.000000592. The first-order valence-electron chi connectivity index (χ1n) is 13.5. The van der Waals surface area contributed by atoms with E-state index in [1.165, 1.54) is 15.9 Å². The lowest BCUT2D eigenvalue weighted by Gasteiger charge is -2.27. The minimum absolute atomic E-state index is 0. The van der Waals surface area contributed by atoms with Crippen LogP contribution in [0.15, 0.2) is 91.0 Å². The second-order valence-electron chi connectivity index (χ2n) is 9.34. The third-order valence-corrected chi connectivity index (χ3v) is 11.6. The van der Waals surface area contributed by atoms with Gasteiger partial charge in [0.1, 0.15) is 23.2 Å². The number of carboxylic acid groups (broad SMARTS) is 2. The molecule has 0 radical (unpaired) electrons. The fourth-order valence-corrected chi connectivity index (χ4v) is 9.39. The van der Waals surface area contributed by atoms with Gasteiger partial charge in [-0.3, -0.25) is 9.59 Å². The third-order valence-electron chi connectivity index (χ3n) is 6.50. The number of benzene rings is 3. The lowest BCUT2D eigenvalue weighted by atomic mass is 10.2. The van der Waals surface area contributed by atoms with Gasteiger partial charge in [0.05, 0.1) is 6.16 Å². The lowest BCUT2D eigenvalue weighted by molar-refractivity contribution is -0.138. The molecule has 4 nitrogen and oxygen atoms in total. The summed E-state index contributed by atoms with van der Waals surface area (Å²) in [5.74, 6) is -1.38. The van der Waals surface area contributed by atoms with E-state index in [0.29, 0.717) is 6.42 Å². The Bertz CT molecular complexity index is 953. The summed E-state index contributed by atoms with van der Waals surface area (Å²) in [6.07, 6.45) is 9.77. The highest BCUT2D eigenvalue weighted by atomic mass is 79.9. The van der Waals surface area contributed by atoms with Gasteiger partial charge in [-0.05, 0) is 68.5 Å². The molecule has 0 aromatic heterocycles. The highest BCUT2D eigenvalue weighted by molar-refractivity contribution is 9.09. The van der Waals surface area contributed by atoms with Gasteiger partial charge < -0.3 is 10.2 Å². The van der Waals surface area contributed by atoms with E-state index in [1.54, 1.807) is 0 Å². The number of alkyl halides is 1. The molecule has 212 valence electrons. The molecular weight excluding hydrogens is 639 g/mol. The minimum atomic E-state index is -1.74. The zero-order valence-electron chi connectivity index (χ0n) is 22.6. The summed E-state index contributed by atoms with van der Waals surface area (Å²) < 4.78 is 0. The summed E-state index contributed by atoms with van der Waals surface area (Å²) in [6.45, 7) is 0. The second kappa shape index (κ2) is 20.8. The fraction of sp³-hybridized carbons (Fsp3) is 0.375. The molecule has 39 heavy (non-hydrogen) atoms. The van der Waals surface area contributed by atoms with Crippen molar-refractivity contribution in [3.05, 3.63) is 91.0 Å². The van der Waals surface area contributed by atoms with E-state index in [1.807, 2.05) is 0 Å². The molecular formula is C32H42Br2O4P+. The molecule has 0 saturated carbocycles. The van der Waals surface area contributed by atoms with E-state index >= 15 is 0 Å². The van der Waals surface area contributed by atoms with Crippen LogP contribution < -0.4 is 15.9 Å². The van der Waals surface area contributed by atoms with Crippen LogP contribution in [0.5, 0.6) is 0 Å². The molecule has 0 unspecified atom stereocenters. The molecule has 0 atom stereocenters. The SMILES string of the molecule is Br.O=C(O)CCCCCCBr.O=C(O)CCCCCC[P+](c1ccccc1)(c1ccccc1)c1ccccc1. The lowest BCUT2D eigenvalue weighted by Crippen LogP contribution is -2.33. The number of carboxylic acids is 2. The first-order valence-corrected chi connectivity index (χ1v) is 16.6. The highest BCUT2D eigenvalue weighted by Gasteiger charge is 2.44. The molecule has 3 rings (SSSR count). The van der Waals surface area contributed by atoms with Crippen LogP contribution in [0.1, 0.15) is 64.2 Å². The van der Waals surface area contributed by atoms with Gasteiger partial charge in [-0.2, -0.15) is 0 Å². The maximum atomic E-state index is 10.8. The van der Waals surface area contributed by atoms with Gasteiger partial charge in [0.2, 0.25) is 0 Å². The summed E-state index contributed by atoms with van der Waals surface area (Å²) >= 11 is 3.31. The Hall–Kier alpha value is -2.01. The zero-order valence-corrected chi connectivity index (χ0v) is 26.8. The van der Waals surface area contributed by atoms with Crippen LogP contribution in [-0.4, -0.2) is 33.6 Å². The zero-order chi connectivity index (χ0) is 27.5. The van der Waals surface area contributed by atoms with Crippen molar-refractivity contribution in [2.75, 3.05) is 11.5 Å². The van der Waals surface area contributed by atoms with Crippen molar-refractivity contribution in [1.29, 1.82) is 0 Å². The smallest absolute Gasteiger partial charge is 0.303 e. The molecule has 2 N–H and O–H groups in total. The fourth-order valence-electron chi connectivity index (χ4n) is 4.58. The van der Waals surface area contributed by atoms with E-state index in [0.717, 1.165) is 62.9 Å². The van der Waals surface area contributed by atoms with E-state index in [2.05, 4.69) is 107 Å². The Morgan fingerprint density at radius 2 is 0.872 bits per heavy atom. The molecule has 3 aromatic carbocycles. The van der Waals surface area contributed by atoms with Gasteiger partial charge in [-0.1, -0.05) is 89.8 Å². The third kappa shape index (κ3) is 12.8. The minimum Gasteiger partial charge on any atom is -0.481 e. The van der Waals surface area contributed by atoms with E-state index < -0.39 is 19.2 Å². The second-order valence-corrected chi connectivity index (χ2v) is 13.8. The molecule has 0 amide bonds. The van der Waals surface area contributed by atoms with Crippen molar-refractivity contribution >= 4 is 68.0 Å². The topological polar surface area (TPSA) is 74.6 Å². The number of hydrogen-bond acceptors (Lipinski definition) is 2. The Labute approximate surface area is 253 Å². The molecule has 0 aliphatic rings. The Morgan fingerprint density at radius 1 is 0.538 bits per heavy atom. The summed E-state index contributed by atoms with van der Waals surface area (Å²) in [4.78, 5) is 20.8. The van der Waals surface area contributed by atoms with Crippen LogP contribution in [0.4, 0.5) is 0 Å². The van der Waals surface area contributed by atoms with Gasteiger partial charge in [0.25, 0.3) is 0 Å². The predicted octanol–water partition coefficient (Wildman–Crippen LogP) is 8.01. The van der Waals surface area contributed by atoms with Gasteiger partial charge in [-0.15, -0.1) is 17.0 Å². The molecule has 0 bridgehead atoms. The molecule has 0 aliphatic heterocycles. The van der Waals surface area contributed by atoms with Crippen molar-refractivity contribution in [3.63, 3.8) is 0 Å². The van der Waals surface area contributed by atoms with Crippen molar-refractivity contribution < 1.29 is 19.8 Å². The van der Waals surface area contributed by atoms with Gasteiger partial charge in [0.15, 0.2) is 0 Å². The van der Waals surface area contributed by atoms with Crippen molar-refractivity contribution in [1.82, 2.24) is 0 Å². The van der Waals surface area contributed by atoms with Gasteiger partial charge in [0, 0.05) is 18.2 Å². The number of halogens is 2. The molecule has 0 saturated heterocycles. The monoisotopic (exact) mass is 679 g/mol. The Morgan fingerprint density at radius 3 is 1.21 bits per heavy atom. The van der Waals surface area contributed by atoms with E-state index in [9.17, 15) is 9.59 Å². The quantitative estimate of drug-likeness (QED) is 0.0913. The summed E-state index contributed by atoms with van der Waals surface area (Å²) in [6, 6.07) is 32.8. The van der Waals surface area contributed by atoms with Crippen LogP contribution in [-0.2, 0) is 9.59 Å². The summed E-state index contributed by atoms with van der Waals surface area (Å²) in [7, 11) is -1.74. The summed E-state index contributed by atoms with van der Waals surface area (Å²) in [5.41, 5.74) is 0. The van der Waals surface area contributed by atoms with E-state index in [4.69, 9.17) is 10.2 Å². The van der Waals surface area contributed by atoms with Crippen LogP contribution >= 0.6 is 40.2 Å². The van der Waals surface area contributed by atoms with Gasteiger partial charge in [-0.25, -0.2) is 0 Å². The largest absolute Gasteiger partial charge is 0.481 e. The molecule has 3 aromatic rings. The van der Waals surface area contributed by atoms with Crippen molar-refractivity contribution in [3.8, 4) is 0 Å². The predicted molar refractivity (Wildman–Crippen MR) is 176 cm³/mol. The van der Waals surface area contributed by atoms with Crippen LogP contribution in [0.3, 0.4) is 0 Å². The molecule has 0 fully saturated rings. The summed E-state index contributed by atoms with van der Waals surface area (Å²) in [5, 5.41) is 22.4. The van der Waals surface area contributed by atoms with Crippen molar-refractivity contribution in [2.24, 2.45) is 0 Å².